The summed E-state index contributed by atoms with van der Waals surface area (Å²) < 4.78 is 41.5. The second kappa shape index (κ2) is 7.91. The molecule has 0 spiro atoms. The molecule has 0 radical (unpaired) electrons. The fourth-order valence-corrected chi connectivity index (χ4v) is 6.48. The Morgan fingerprint density at radius 2 is 1.91 bits per heavy atom. The summed E-state index contributed by atoms with van der Waals surface area (Å²) in [6, 6.07) is 10.6. The van der Waals surface area contributed by atoms with Gasteiger partial charge in [-0.2, -0.15) is 0 Å². The quantitative estimate of drug-likeness (QED) is 0.566. The highest BCUT2D eigenvalue weighted by Crippen LogP contribution is 2.43. The summed E-state index contributed by atoms with van der Waals surface area (Å²) in [6.07, 6.45) is 0.306. The maximum Gasteiger partial charge on any atom is 0.291 e. The van der Waals surface area contributed by atoms with Crippen LogP contribution in [0.15, 0.2) is 51.7 Å². The topological polar surface area (TPSA) is 103 Å². The average Bonchev–Trinajstić information content (AvgIpc) is 3.31. The van der Waals surface area contributed by atoms with Crippen molar-refractivity contribution in [1.29, 1.82) is 0 Å². The SMILES string of the molecule is CCOc1ccc([C@@H]2c3c(oc4ccccc4c3=O)C(=O)N2[C@H]2CCS(=O)(=O)C2)cc1OC. The number of para-hydroxylation sites is 1. The van der Waals surface area contributed by atoms with Crippen molar-refractivity contribution in [2.24, 2.45) is 0 Å². The number of benzene rings is 2. The lowest BCUT2D eigenvalue weighted by Crippen LogP contribution is -2.40. The van der Waals surface area contributed by atoms with Crippen LogP contribution in [0.5, 0.6) is 11.5 Å². The van der Waals surface area contributed by atoms with Gasteiger partial charge in [0, 0.05) is 6.04 Å². The number of fused-ring (bicyclic) bond motifs is 2. The molecule has 0 bridgehead atoms. The molecule has 1 saturated heterocycles. The summed E-state index contributed by atoms with van der Waals surface area (Å²) in [6.45, 7) is 2.31. The van der Waals surface area contributed by atoms with Crippen molar-refractivity contribution in [2.45, 2.75) is 25.4 Å². The molecule has 9 heteroatoms. The average molecular weight is 470 g/mol. The summed E-state index contributed by atoms with van der Waals surface area (Å²) in [7, 11) is -1.76. The number of carbonyl (C=O) groups is 1. The van der Waals surface area contributed by atoms with Crippen molar-refractivity contribution < 1.29 is 27.1 Å². The third-order valence-electron chi connectivity index (χ3n) is 6.22. The van der Waals surface area contributed by atoms with E-state index >= 15 is 0 Å². The highest BCUT2D eigenvalue weighted by atomic mass is 32.2. The lowest BCUT2D eigenvalue weighted by atomic mass is 9.97. The molecule has 2 aromatic carbocycles. The predicted octanol–water partition coefficient (Wildman–Crippen LogP) is 2.93. The minimum absolute atomic E-state index is 0.000458. The van der Waals surface area contributed by atoms with E-state index in [4.69, 9.17) is 13.9 Å². The molecule has 1 aromatic heterocycles. The van der Waals surface area contributed by atoms with Crippen LogP contribution in [-0.4, -0.2) is 50.5 Å². The molecule has 2 aliphatic heterocycles. The van der Waals surface area contributed by atoms with Crippen molar-refractivity contribution in [2.75, 3.05) is 25.2 Å². The number of hydrogen-bond donors (Lipinski definition) is 0. The van der Waals surface area contributed by atoms with Crippen molar-refractivity contribution in [3.63, 3.8) is 0 Å². The Bertz CT molecular complexity index is 1430. The largest absolute Gasteiger partial charge is 0.493 e. The summed E-state index contributed by atoms with van der Waals surface area (Å²) in [5.41, 5.74) is 0.850. The first-order valence-corrected chi connectivity index (χ1v) is 12.6. The zero-order valence-corrected chi connectivity index (χ0v) is 19.1. The molecule has 172 valence electrons. The van der Waals surface area contributed by atoms with Crippen LogP contribution in [0.4, 0.5) is 0 Å². The van der Waals surface area contributed by atoms with Crippen LogP contribution in [0.2, 0.25) is 0 Å². The molecule has 0 saturated carbocycles. The number of rotatable bonds is 5. The first kappa shape index (κ1) is 21.5. The third-order valence-corrected chi connectivity index (χ3v) is 7.97. The van der Waals surface area contributed by atoms with Gasteiger partial charge in [0.1, 0.15) is 5.58 Å². The molecule has 2 aliphatic rings. The number of hydrogen-bond acceptors (Lipinski definition) is 7. The van der Waals surface area contributed by atoms with Gasteiger partial charge in [-0.1, -0.05) is 18.2 Å². The molecular weight excluding hydrogens is 446 g/mol. The molecule has 0 aliphatic carbocycles. The van der Waals surface area contributed by atoms with Gasteiger partial charge in [-0.05, 0) is 43.2 Å². The van der Waals surface area contributed by atoms with Gasteiger partial charge < -0.3 is 18.8 Å². The third kappa shape index (κ3) is 3.47. The molecule has 5 rings (SSSR count). The van der Waals surface area contributed by atoms with E-state index in [1.807, 2.05) is 6.92 Å². The van der Waals surface area contributed by atoms with E-state index in [-0.39, 0.29) is 28.3 Å². The number of amides is 1. The Kier molecular flexibility index (Phi) is 5.16. The van der Waals surface area contributed by atoms with Crippen LogP contribution < -0.4 is 14.9 Å². The van der Waals surface area contributed by atoms with Crippen molar-refractivity contribution in [3.05, 3.63) is 69.6 Å². The van der Waals surface area contributed by atoms with Crippen LogP contribution in [-0.2, 0) is 9.84 Å². The first-order chi connectivity index (χ1) is 15.8. The highest BCUT2D eigenvalue weighted by molar-refractivity contribution is 7.91. The minimum Gasteiger partial charge on any atom is -0.493 e. The zero-order chi connectivity index (χ0) is 23.3. The van der Waals surface area contributed by atoms with E-state index in [9.17, 15) is 18.0 Å². The first-order valence-electron chi connectivity index (χ1n) is 10.7. The summed E-state index contributed by atoms with van der Waals surface area (Å²) in [4.78, 5) is 28.6. The molecule has 0 unspecified atom stereocenters. The van der Waals surface area contributed by atoms with Crippen LogP contribution in [0, 0.1) is 0 Å². The van der Waals surface area contributed by atoms with Gasteiger partial charge in [0.25, 0.3) is 5.91 Å². The number of carbonyl (C=O) groups excluding carboxylic acids is 1. The predicted molar refractivity (Wildman–Crippen MR) is 122 cm³/mol. The van der Waals surface area contributed by atoms with Gasteiger partial charge in [0.15, 0.2) is 26.8 Å². The van der Waals surface area contributed by atoms with Gasteiger partial charge >= 0.3 is 0 Å². The van der Waals surface area contributed by atoms with Gasteiger partial charge in [-0.3, -0.25) is 9.59 Å². The second-order valence-corrected chi connectivity index (χ2v) is 10.4. The molecule has 3 aromatic rings. The van der Waals surface area contributed by atoms with E-state index in [1.54, 1.807) is 42.5 Å². The maximum absolute atomic E-state index is 13.5. The van der Waals surface area contributed by atoms with Crippen LogP contribution in [0.3, 0.4) is 0 Å². The van der Waals surface area contributed by atoms with E-state index in [0.29, 0.717) is 41.1 Å². The van der Waals surface area contributed by atoms with Crippen molar-refractivity contribution in [1.82, 2.24) is 4.90 Å². The molecule has 33 heavy (non-hydrogen) atoms. The Labute approximate surface area is 190 Å². The van der Waals surface area contributed by atoms with Crippen LogP contribution >= 0.6 is 0 Å². The maximum atomic E-state index is 13.5. The van der Waals surface area contributed by atoms with Gasteiger partial charge in [-0.15, -0.1) is 0 Å². The summed E-state index contributed by atoms with van der Waals surface area (Å²) in [5, 5.41) is 0.368. The molecule has 0 N–H and O–H groups in total. The van der Waals surface area contributed by atoms with E-state index in [0.717, 1.165) is 0 Å². The minimum atomic E-state index is -3.27. The fourth-order valence-electron chi connectivity index (χ4n) is 4.76. The molecule has 2 atom stereocenters. The number of nitrogens with zero attached hydrogens (tertiary/aromatic N) is 1. The summed E-state index contributed by atoms with van der Waals surface area (Å²) in [5.74, 6) is 0.327. The Balaban J connectivity index is 1.73. The molecule has 3 heterocycles. The van der Waals surface area contributed by atoms with E-state index in [2.05, 4.69) is 0 Å². The van der Waals surface area contributed by atoms with Gasteiger partial charge in [-0.25, -0.2) is 8.42 Å². The normalized spacial score (nSPS) is 21.4. The Hall–Kier alpha value is -3.33. The van der Waals surface area contributed by atoms with Crippen molar-refractivity contribution in [3.8, 4) is 11.5 Å². The molecule has 1 fully saturated rings. The molecule has 1 amide bonds. The molecular formula is C24H23NO7S. The fraction of sp³-hybridized carbons (Fsp3) is 0.333. The number of sulfone groups is 1. The lowest BCUT2D eigenvalue weighted by Gasteiger charge is -2.30. The Morgan fingerprint density at radius 1 is 1.12 bits per heavy atom. The zero-order valence-electron chi connectivity index (χ0n) is 18.2. The lowest BCUT2D eigenvalue weighted by molar-refractivity contribution is 0.0662. The van der Waals surface area contributed by atoms with Crippen LogP contribution in [0.25, 0.3) is 11.0 Å². The number of methoxy groups -OCH3 is 1. The monoisotopic (exact) mass is 469 g/mol. The van der Waals surface area contributed by atoms with E-state index < -0.39 is 27.8 Å². The standard InChI is InChI=1S/C24H23NO7S/c1-3-31-18-9-8-14(12-19(18)30-2)21-20-22(26)16-6-4-5-7-17(16)32-23(20)24(27)25(21)15-10-11-33(28,29)13-15/h4-9,12,15,21H,3,10-11,13H2,1-2H3/t15-,21+/m0/s1. The van der Waals surface area contributed by atoms with Gasteiger partial charge in [0.05, 0.1) is 42.2 Å². The number of ether oxygens (including phenoxy) is 2. The second-order valence-electron chi connectivity index (χ2n) is 8.19. The smallest absolute Gasteiger partial charge is 0.291 e. The van der Waals surface area contributed by atoms with Crippen LogP contribution in [0.1, 0.15) is 41.1 Å². The Morgan fingerprint density at radius 3 is 2.61 bits per heavy atom. The van der Waals surface area contributed by atoms with Gasteiger partial charge in [0.2, 0.25) is 5.76 Å². The van der Waals surface area contributed by atoms with E-state index in [1.165, 1.54) is 12.0 Å². The van der Waals surface area contributed by atoms with Crippen molar-refractivity contribution >= 4 is 26.7 Å². The summed E-state index contributed by atoms with van der Waals surface area (Å²) >= 11 is 0. The molecule has 8 nitrogen and oxygen atoms in total. The highest BCUT2D eigenvalue weighted by Gasteiger charge is 2.48.